The summed E-state index contributed by atoms with van der Waals surface area (Å²) in [5.74, 6) is 0. The highest BCUT2D eigenvalue weighted by Crippen LogP contribution is 2.19. The first kappa shape index (κ1) is 9.56. The van der Waals surface area contributed by atoms with Gasteiger partial charge in [0, 0.05) is 6.54 Å². The minimum Gasteiger partial charge on any atom is -0.308 e. The summed E-state index contributed by atoms with van der Waals surface area (Å²) in [6.07, 6.45) is 0. The molecule has 0 heterocycles. The SMILES string of the molecule is CN(C)C[C@@H](Cl)c1ccccc1. The van der Waals surface area contributed by atoms with Crippen LogP contribution in [0, 0.1) is 0 Å². The Hall–Kier alpha value is -0.530. The van der Waals surface area contributed by atoms with Crippen LogP contribution >= 0.6 is 11.6 Å². The second kappa shape index (κ2) is 4.48. The molecule has 0 aromatic heterocycles. The minimum atomic E-state index is 0.0983. The molecule has 0 saturated carbocycles. The second-order valence-corrected chi connectivity index (χ2v) is 3.67. The molecule has 0 N–H and O–H groups in total. The summed E-state index contributed by atoms with van der Waals surface area (Å²) in [5, 5.41) is 0.0983. The highest BCUT2D eigenvalue weighted by molar-refractivity contribution is 6.21. The van der Waals surface area contributed by atoms with Crippen molar-refractivity contribution in [1.29, 1.82) is 0 Å². The van der Waals surface area contributed by atoms with Gasteiger partial charge >= 0.3 is 0 Å². The van der Waals surface area contributed by atoms with E-state index in [-0.39, 0.29) is 5.38 Å². The fourth-order valence-electron chi connectivity index (χ4n) is 1.09. The van der Waals surface area contributed by atoms with Crippen LogP contribution in [0.2, 0.25) is 0 Å². The van der Waals surface area contributed by atoms with Crippen molar-refractivity contribution in [3.8, 4) is 0 Å². The maximum Gasteiger partial charge on any atom is 0.0712 e. The predicted octanol–water partition coefficient (Wildman–Crippen LogP) is 2.53. The minimum absolute atomic E-state index is 0.0983. The molecule has 12 heavy (non-hydrogen) atoms. The zero-order valence-electron chi connectivity index (χ0n) is 7.50. The van der Waals surface area contributed by atoms with Crippen molar-refractivity contribution in [2.75, 3.05) is 20.6 Å². The molecule has 1 aromatic rings. The topological polar surface area (TPSA) is 3.24 Å². The number of benzene rings is 1. The van der Waals surface area contributed by atoms with Gasteiger partial charge in [0.2, 0.25) is 0 Å². The van der Waals surface area contributed by atoms with Crippen molar-refractivity contribution in [2.24, 2.45) is 0 Å². The van der Waals surface area contributed by atoms with E-state index in [0.29, 0.717) is 0 Å². The monoisotopic (exact) mass is 183 g/mol. The Morgan fingerprint density at radius 2 is 1.83 bits per heavy atom. The summed E-state index contributed by atoms with van der Waals surface area (Å²) in [7, 11) is 4.05. The highest BCUT2D eigenvalue weighted by Gasteiger charge is 2.07. The van der Waals surface area contributed by atoms with Gasteiger partial charge in [0.05, 0.1) is 5.38 Å². The van der Waals surface area contributed by atoms with Gasteiger partial charge in [0.15, 0.2) is 0 Å². The lowest BCUT2D eigenvalue weighted by molar-refractivity contribution is 0.408. The molecule has 1 nitrogen and oxygen atoms in total. The van der Waals surface area contributed by atoms with Crippen LogP contribution in [-0.2, 0) is 0 Å². The molecule has 1 rings (SSSR count). The Labute approximate surface area is 79.0 Å². The summed E-state index contributed by atoms with van der Waals surface area (Å²) in [6, 6.07) is 10.1. The molecule has 0 aliphatic rings. The Bertz CT molecular complexity index is 221. The number of nitrogens with zero attached hydrogens (tertiary/aromatic N) is 1. The second-order valence-electron chi connectivity index (χ2n) is 3.14. The predicted molar refractivity (Wildman–Crippen MR) is 53.6 cm³/mol. The first-order valence-corrected chi connectivity index (χ1v) is 4.47. The summed E-state index contributed by atoms with van der Waals surface area (Å²) >= 11 is 6.16. The van der Waals surface area contributed by atoms with Crippen LogP contribution in [-0.4, -0.2) is 25.5 Å². The molecule has 0 radical (unpaired) electrons. The van der Waals surface area contributed by atoms with E-state index in [1.165, 1.54) is 5.56 Å². The molecule has 66 valence electrons. The van der Waals surface area contributed by atoms with Gasteiger partial charge in [0.1, 0.15) is 0 Å². The molecule has 0 aliphatic heterocycles. The molecular formula is C10H14ClN. The van der Waals surface area contributed by atoms with Crippen molar-refractivity contribution in [2.45, 2.75) is 5.38 Å². The average molecular weight is 184 g/mol. The van der Waals surface area contributed by atoms with E-state index in [1.54, 1.807) is 0 Å². The van der Waals surface area contributed by atoms with E-state index in [9.17, 15) is 0 Å². The van der Waals surface area contributed by atoms with Gasteiger partial charge in [-0.25, -0.2) is 0 Å². The fraction of sp³-hybridized carbons (Fsp3) is 0.400. The summed E-state index contributed by atoms with van der Waals surface area (Å²) in [4.78, 5) is 2.09. The molecule has 0 unspecified atom stereocenters. The van der Waals surface area contributed by atoms with Crippen molar-refractivity contribution in [3.05, 3.63) is 35.9 Å². The van der Waals surface area contributed by atoms with Gasteiger partial charge in [-0.1, -0.05) is 30.3 Å². The van der Waals surface area contributed by atoms with E-state index in [2.05, 4.69) is 17.0 Å². The summed E-state index contributed by atoms with van der Waals surface area (Å²) in [6.45, 7) is 0.881. The van der Waals surface area contributed by atoms with Gasteiger partial charge in [-0.2, -0.15) is 0 Å². The van der Waals surface area contributed by atoms with E-state index in [4.69, 9.17) is 11.6 Å². The Kier molecular flexibility index (Phi) is 3.57. The van der Waals surface area contributed by atoms with Gasteiger partial charge < -0.3 is 4.90 Å². The van der Waals surface area contributed by atoms with Crippen LogP contribution in [0.15, 0.2) is 30.3 Å². The van der Waals surface area contributed by atoms with Crippen molar-refractivity contribution >= 4 is 11.6 Å². The molecule has 2 heteroatoms. The van der Waals surface area contributed by atoms with Gasteiger partial charge in [-0.15, -0.1) is 11.6 Å². The normalized spacial score (nSPS) is 13.3. The van der Waals surface area contributed by atoms with Crippen LogP contribution in [0.5, 0.6) is 0 Å². The van der Waals surface area contributed by atoms with E-state index < -0.39 is 0 Å². The first-order valence-electron chi connectivity index (χ1n) is 4.04. The molecule has 1 aromatic carbocycles. The molecular weight excluding hydrogens is 170 g/mol. The fourth-order valence-corrected chi connectivity index (χ4v) is 1.51. The lowest BCUT2D eigenvalue weighted by atomic mass is 10.1. The number of halogens is 1. The van der Waals surface area contributed by atoms with Crippen molar-refractivity contribution < 1.29 is 0 Å². The Morgan fingerprint density at radius 1 is 1.25 bits per heavy atom. The lowest BCUT2D eigenvalue weighted by Crippen LogP contribution is -2.17. The van der Waals surface area contributed by atoms with Gasteiger partial charge in [-0.05, 0) is 19.7 Å². The highest BCUT2D eigenvalue weighted by atomic mass is 35.5. The third kappa shape index (κ3) is 2.84. The molecule has 0 aliphatic carbocycles. The van der Waals surface area contributed by atoms with E-state index >= 15 is 0 Å². The number of hydrogen-bond donors (Lipinski definition) is 0. The Morgan fingerprint density at radius 3 is 2.33 bits per heavy atom. The number of alkyl halides is 1. The van der Waals surface area contributed by atoms with Crippen LogP contribution in [0.1, 0.15) is 10.9 Å². The lowest BCUT2D eigenvalue weighted by Gasteiger charge is -2.14. The third-order valence-electron chi connectivity index (χ3n) is 1.69. The van der Waals surface area contributed by atoms with Crippen LogP contribution in [0.4, 0.5) is 0 Å². The first-order chi connectivity index (χ1) is 5.70. The number of likely N-dealkylation sites (N-methyl/N-ethyl adjacent to an activating group) is 1. The number of rotatable bonds is 3. The van der Waals surface area contributed by atoms with E-state index in [1.807, 2.05) is 32.3 Å². The van der Waals surface area contributed by atoms with E-state index in [0.717, 1.165) is 6.54 Å². The number of hydrogen-bond acceptors (Lipinski definition) is 1. The van der Waals surface area contributed by atoms with Crippen LogP contribution < -0.4 is 0 Å². The maximum atomic E-state index is 6.16. The van der Waals surface area contributed by atoms with Crippen LogP contribution in [0.25, 0.3) is 0 Å². The molecule has 1 atom stereocenters. The van der Waals surface area contributed by atoms with Crippen molar-refractivity contribution in [1.82, 2.24) is 4.90 Å². The standard InChI is InChI=1S/C10H14ClN/c1-12(2)8-10(11)9-6-4-3-5-7-9/h3-7,10H,8H2,1-2H3/t10-/m1/s1. The molecule has 0 amide bonds. The van der Waals surface area contributed by atoms with Gasteiger partial charge in [0.25, 0.3) is 0 Å². The maximum absolute atomic E-state index is 6.16. The van der Waals surface area contributed by atoms with Crippen molar-refractivity contribution in [3.63, 3.8) is 0 Å². The van der Waals surface area contributed by atoms with Crippen LogP contribution in [0.3, 0.4) is 0 Å². The zero-order valence-corrected chi connectivity index (χ0v) is 8.25. The third-order valence-corrected chi connectivity index (χ3v) is 2.08. The molecule has 0 saturated heterocycles. The quantitative estimate of drug-likeness (QED) is 0.651. The molecule has 0 spiro atoms. The summed E-state index contributed by atoms with van der Waals surface area (Å²) in [5.41, 5.74) is 1.19. The van der Waals surface area contributed by atoms with Gasteiger partial charge in [-0.3, -0.25) is 0 Å². The largest absolute Gasteiger partial charge is 0.308 e. The Balaban J connectivity index is 2.59. The zero-order chi connectivity index (χ0) is 8.97. The molecule has 0 fully saturated rings. The smallest absolute Gasteiger partial charge is 0.0712 e. The average Bonchev–Trinajstić information content (AvgIpc) is 2.05. The summed E-state index contributed by atoms with van der Waals surface area (Å²) < 4.78 is 0. The molecule has 0 bridgehead atoms.